The van der Waals surface area contributed by atoms with E-state index in [9.17, 15) is 36.0 Å². The molecule has 0 spiro atoms. The third kappa shape index (κ3) is 5.40. The molecule has 1 aliphatic rings. The van der Waals surface area contributed by atoms with E-state index in [2.05, 4.69) is 5.10 Å². The zero-order valence-electron chi connectivity index (χ0n) is 20.1. The first-order chi connectivity index (χ1) is 17.8. The second kappa shape index (κ2) is 10.2. The fraction of sp³-hybridized carbons (Fsp3) is 0.360. The van der Waals surface area contributed by atoms with Gasteiger partial charge in [-0.3, -0.25) is 4.90 Å². The van der Waals surface area contributed by atoms with Gasteiger partial charge in [0.1, 0.15) is 23.4 Å². The standard InChI is InChI=1S/C25H21F7N4O2/c1-14(24(27,28)29)38-21-8-3-15(11-33)22(37-2)19(21)13-35-10-9-20-18(12-35)23(25(30,31)32)36(34-20)17-6-4-16(26)5-7-17/h3-8,14H,9-10,12-13H2,1-2H3. The van der Waals surface area contributed by atoms with E-state index in [0.717, 1.165) is 23.7 Å². The minimum absolute atomic E-state index is 0.0248. The van der Waals surface area contributed by atoms with Gasteiger partial charge in [-0.05, 0) is 43.3 Å². The number of hydrogen-bond donors (Lipinski definition) is 0. The molecule has 1 aromatic heterocycles. The summed E-state index contributed by atoms with van der Waals surface area (Å²) in [6, 6.07) is 8.78. The van der Waals surface area contributed by atoms with Crippen LogP contribution < -0.4 is 9.47 Å². The average molecular weight is 542 g/mol. The summed E-state index contributed by atoms with van der Waals surface area (Å²) >= 11 is 0. The van der Waals surface area contributed by atoms with Crippen molar-refractivity contribution in [2.24, 2.45) is 0 Å². The second-order valence-electron chi connectivity index (χ2n) is 8.66. The Hall–Kier alpha value is -3.79. The summed E-state index contributed by atoms with van der Waals surface area (Å²) in [4.78, 5) is 1.58. The number of fused-ring (bicyclic) bond motifs is 1. The molecule has 1 atom stereocenters. The first-order valence-corrected chi connectivity index (χ1v) is 11.3. The van der Waals surface area contributed by atoms with Gasteiger partial charge < -0.3 is 9.47 Å². The minimum atomic E-state index is -4.80. The van der Waals surface area contributed by atoms with Crippen LogP contribution in [-0.2, 0) is 25.7 Å². The summed E-state index contributed by atoms with van der Waals surface area (Å²) in [7, 11) is 1.24. The van der Waals surface area contributed by atoms with Crippen molar-refractivity contribution in [2.45, 2.75) is 44.9 Å². The monoisotopic (exact) mass is 542 g/mol. The van der Waals surface area contributed by atoms with Gasteiger partial charge in [0.2, 0.25) is 0 Å². The van der Waals surface area contributed by atoms with E-state index in [1.54, 1.807) is 4.90 Å². The first-order valence-electron chi connectivity index (χ1n) is 11.3. The number of ether oxygens (including phenoxy) is 2. The number of nitriles is 1. The van der Waals surface area contributed by atoms with Crippen LogP contribution in [0.1, 0.15) is 35.0 Å². The van der Waals surface area contributed by atoms with Crippen molar-refractivity contribution in [3.8, 4) is 23.3 Å². The highest BCUT2D eigenvalue weighted by Crippen LogP contribution is 2.40. The van der Waals surface area contributed by atoms with E-state index in [1.165, 1.54) is 31.4 Å². The van der Waals surface area contributed by atoms with Gasteiger partial charge in [0, 0.05) is 31.6 Å². The summed E-state index contributed by atoms with van der Waals surface area (Å²) in [6.07, 6.45) is -11.5. The maximum atomic E-state index is 14.2. The summed E-state index contributed by atoms with van der Waals surface area (Å²) < 4.78 is 107. The summed E-state index contributed by atoms with van der Waals surface area (Å²) in [5.41, 5.74) is -0.756. The van der Waals surface area contributed by atoms with Gasteiger partial charge in [-0.15, -0.1) is 0 Å². The summed E-state index contributed by atoms with van der Waals surface area (Å²) in [5.74, 6) is -0.838. The molecule has 6 nitrogen and oxygen atoms in total. The van der Waals surface area contributed by atoms with E-state index in [0.29, 0.717) is 0 Å². The molecule has 0 fully saturated rings. The maximum Gasteiger partial charge on any atom is 0.433 e. The Kier molecular flexibility index (Phi) is 7.29. The highest BCUT2D eigenvalue weighted by atomic mass is 19.4. The molecular formula is C25H21F7N4O2. The van der Waals surface area contributed by atoms with Gasteiger partial charge in [-0.1, -0.05) is 0 Å². The zero-order valence-corrected chi connectivity index (χ0v) is 20.1. The lowest BCUT2D eigenvalue weighted by Crippen LogP contribution is -2.33. The van der Waals surface area contributed by atoms with Crippen LogP contribution >= 0.6 is 0 Å². The normalized spacial score (nSPS) is 15.1. The lowest BCUT2D eigenvalue weighted by Gasteiger charge is -2.29. The number of nitrogens with zero attached hydrogens (tertiary/aromatic N) is 4. The Morgan fingerprint density at radius 1 is 1.08 bits per heavy atom. The molecule has 1 aliphatic heterocycles. The molecule has 0 amide bonds. The van der Waals surface area contributed by atoms with E-state index in [-0.39, 0.29) is 65.6 Å². The largest absolute Gasteiger partial charge is 0.495 e. The van der Waals surface area contributed by atoms with Gasteiger partial charge >= 0.3 is 12.4 Å². The summed E-state index contributed by atoms with van der Waals surface area (Å²) in [6.45, 7) is 0.649. The van der Waals surface area contributed by atoms with E-state index >= 15 is 0 Å². The number of methoxy groups -OCH3 is 1. The summed E-state index contributed by atoms with van der Waals surface area (Å²) in [5, 5.41) is 13.6. The van der Waals surface area contributed by atoms with Crippen molar-refractivity contribution in [1.29, 1.82) is 5.26 Å². The highest BCUT2D eigenvalue weighted by Gasteiger charge is 2.42. The Morgan fingerprint density at radius 3 is 2.34 bits per heavy atom. The molecule has 0 bridgehead atoms. The molecule has 1 unspecified atom stereocenters. The molecule has 2 aromatic carbocycles. The van der Waals surface area contributed by atoms with Crippen LogP contribution in [0, 0.1) is 17.1 Å². The lowest BCUT2D eigenvalue weighted by atomic mass is 10.0. The van der Waals surface area contributed by atoms with Crippen LogP contribution in [0.15, 0.2) is 36.4 Å². The Morgan fingerprint density at radius 2 is 1.76 bits per heavy atom. The number of aromatic nitrogens is 2. The third-order valence-corrected chi connectivity index (χ3v) is 6.14. The maximum absolute atomic E-state index is 14.2. The number of halogens is 7. The zero-order chi connectivity index (χ0) is 27.8. The highest BCUT2D eigenvalue weighted by molar-refractivity contribution is 5.55. The molecule has 0 saturated heterocycles. The predicted octanol–water partition coefficient (Wildman–Crippen LogP) is 5.80. The van der Waals surface area contributed by atoms with Crippen molar-refractivity contribution in [3.63, 3.8) is 0 Å². The number of alkyl halides is 6. The fourth-order valence-electron chi connectivity index (χ4n) is 4.30. The van der Waals surface area contributed by atoms with E-state index in [1.807, 2.05) is 6.07 Å². The van der Waals surface area contributed by atoms with E-state index in [4.69, 9.17) is 9.47 Å². The minimum Gasteiger partial charge on any atom is -0.495 e. The number of rotatable bonds is 6. The molecule has 4 rings (SSSR count). The molecule has 38 heavy (non-hydrogen) atoms. The van der Waals surface area contributed by atoms with Crippen LogP contribution in [0.4, 0.5) is 30.7 Å². The molecule has 2 heterocycles. The van der Waals surface area contributed by atoms with Crippen LogP contribution in [0.25, 0.3) is 5.69 Å². The Labute approximate surface area is 212 Å². The van der Waals surface area contributed by atoms with Crippen LogP contribution in [0.2, 0.25) is 0 Å². The third-order valence-electron chi connectivity index (χ3n) is 6.14. The quantitative estimate of drug-likeness (QED) is 0.369. The Bertz CT molecular complexity index is 1360. The molecule has 13 heteroatoms. The van der Waals surface area contributed by atoms with Crippen LogP contribution in [0.5, 0.6) is 11.5 Å². The van der Waals surface area contributed by atoms with Crippen LogP contribution in [-0.4, -0.2) is 40.6 Å². The van der Waals surface area contributed by atoms with Gasteiger partial charge in [0.05, 0.1) is 29.6 Å². The van der Waals surface area contributed by atoms with E-state index < -0.39 is 30.0 Å². The van der Waals surface area contributed by atoms with Crippen molar-refractivity contribution >= 4 is 0 Å². The van der Waals surface area contributed by atoms with Crippen molar-refractivity contribution in [1.82, 2.24) is 14.7 Å². The topological polar surface area (TPSA) is 63.3 Å². The van der Waals surface area contributed by atoms with Crippen LogP contribution in [0.3, 0.4) is 0 Å². The smallest absolute Gasteiger partial charge is 0.433 e. The molecular weight excluding hydrogens is 521 g/mol. The molecule has 0 N–H and O–H groups in total. The van der Waals surface area contributed by atoms with Gasteiger partial charge in [0.25, 0.3) is 0 Å². The van der Waals surface area contributed by atoms with Crippen molar-refractivity contribution in [2.75, 3.05) is 13.7 Å². The van der Waals surface area contributed by atoms with Crippen molar-refractivity contribution in [3.05, 3.63) is 70.3 Å². The predicted molar refractivity (Wildman–Crippen MR) is 120 cm³/mol. The van der Waals surface area contributed by atoms with Gasteiger partial charge in [0.15, 0.2) is 11.8 Å². The molecule has 0 saturated carbocycles. The Balaban J connectivity index is 1.72. The van der Waals surface area contributed by atoms with Crippen molar-refractivity contribution < 1.29 is 40.2 Å². The second-order valence-corrected chi connectivity index (χ2v) is 8.66. The van der Waals surface area contributed by atoms with Gasteiger partial charge in [-0.2, -0.15) is 36.7 Å². The molecule has 3 aromatic rings. The molecule has 202 valence electrons. The molecule has 0 radical (unpaired) electrons. The fourth-order valence-corrected chi connectivity index (χ4v) is 4.30. The SMILES string of the molecule is COc1c(C#N)ccc(OC(C)C(F)(F)F)c1CN1CCc2nn(-c3ccc(F)cc3)c(C(F)(F)F)c2C1. The first kappa shape index (κ1) is 27.3. The number of hydrogen-bond acceptors (Lipinski definition) is 5. The number of benzene rings is 2. The molecule has 0 aliphatic carbocycles. The average Bonchev–Trinajstić information content (AvgIpc) is 3.24. The van der Waals surface area contributed by atoms with Gasteiger partial charge in [-0.25, -0.2) is 9.07 Å². The lowest BCUT2D eigenvalue weighted by molar-refractivity contribution is -0.189.